The SMILES string of the molecule is Nc1c(-c2ccc(Nc3cccnc3)cc2)n(C2CCC2)c2cc(OC3CCOCC3)ccc12. The Balaban J connectivity index is 1.36. The quantitative estimate of drug-likeness (QED) is 0.357. The molecule has 174 valence electrons. The minimum atomic E-state index is 0.218. The molecule has 3 N–H and O–H groups in total. The molecule has 0 atom stereocenters. The number of ether oxygens (including phenoxy) is 2. The van der Waals surface area contributed by atoms with Crippen molar-refractivity contribution in [2.45, 2.75) is 44.2 Å². The number of nitrogen functional groups attached to an aromatic ring is 1. The molecule has 2 aromatic carbocycles. The maximum Gasteiger partial charge on any atom is 0.121 e. The van der Waals surface area contributed by atoms with Gasteiger partial charge in [-0.3, -0.25) is 4.98 Å². The highest BCUT2D eigenvalue weighted by atomic mass is 16.5. The minimum absolute atomic E-state index is 0.218. The number of rotatable bonds is 6. The molecule has 2 aliphatic rings. The van der Waals surface area contributed by atoms with Crippen LogP contribution >= 0.6 is 0 Å². The van der Waals surface area contributed by atoms with Gasteiger partial charge in [0.1, 0.15) is 11.9 Å². The van der Waals surface area contributed by atoms with Gasteiger partial charge >= 0.3 is 0 Å². The summed E-state index contributed by atoms with van der Waals surface area (Å²) in [5.74, 6) is 0.917. The van der Waals surface area contributed by atoms with Crippen molar-refractivity contribution in [1.29, 1.82) is 0 Å². The van der Waals surface area contributed by atoms with Crippen molar-refractivity contribution >= 4 is 28.0 Å². The molecule has 2 aromatic heterocycles. The highest BCUT2D eigenvalue weighted by Crippen LogP contribution is 2.45. The predicted molar refractivity (Wildman–Crippen MR) is 137 cm³/mol. The molecule has 2 fully saturated rings. The fourth-order valence-corrected chi connectivity index (χ4v) is 5.01. The molecule has 0 bridgehead atoms. The van der Waals surface area contributed by atoms with Crippen LogP contribution in [0.15, 0.2) is 67.0 Å². The number of nitrogens with two attached hydrogens (primary N) is 1. The Hall–Kier alpha value is -3.51. The monoisotopic (exact) mass is 454 g/mol. The van der Waals surface area contributed by atoms with Crippen LogP contribution < -0.4 is 15.8 Å². The summed E-state index contributed by atoms with van der Waals surface area (Å²) in [5.41, 5.74) is 13.0. The number of nitrogens with one attached hydrogen (secondary N) is 1. The minimum Gasteiger partial charge on any atom is -0.490 e. The van der Waals surface area contributed by atoms with E-state index in [4.69, 9.17) is 15.2 Å². The van der Waals surface area contributed by atoms with E-state index in [0.717, 1.165) is 65.5 Å². The van der Waals surface area contributed by atoms with Crippen molar-refractivity contribution in [3.63, 3.8) is 0 Å². The lowest BCUT2D eigenvalue weighted by Gasteiger charge is -2.30. The molecule has 1 aliphatic carbocycles. The molecule has 3 heterocycles. The van der Waals surface area contributed by atoms with Crippen LogP contribution in [0.25, 0.3) is 22.2 Å². The van der Waals surface area contributed by atoms with Gasteiger partial charge in [0.15, 0.2) is 0 Å². The van der Waals surface area contributed by atoms with Crippen molar-refractivity contribution in [2.75, 3.05) is 24.3 Å². The molecule has 6 heteroatoms. The number of hydrogen-bond acceptors (Lipinski definition) is 5. The molecule has 0 amide bonds. The van der Waals surface area contributed by atoms with E-state index < -0.39 is 0 Å². The molecule has 1 saturated heterocycles. The van der Waals surface area contributed by atoms with Crippen molar-refractivity contribution in [1.82, 2.24) is 9.55 Å². The van der Waals surface area contributed by atoms with Gasteiger partial charge in [0.2, 0.25) is 0 Å². The largest absolute Gasteiger partial charge is 0.490 e. The summed E-state index contributed by atoms with van der Waals surface area (Å²) in [6.07, 6.45) is 9.31. The Morgan fingerprint density at radius 3 is 2.50 bits per heavy atom. The molecule has 0 radical (unpaired) electrons. The molecule has 1 saturated carbocycles. The highest BCUT2D eigenvalue weighted by molar-refractivity contribution is 6.01. The van der Waals surface area contributed by atoms with E-state index in [1.54, 1.807) is 6.20 Å². The van der Waals surface area contributed by atoms with E-state index in [-0.39, 0.29) is 6.10 Å². The van der Waals surface area contributed by atoms with Gasteiger partial charge in [-0.05, 0) is 55.7 Å². The zero-order valence-corrected chi connectivity index (χ0v) is 19.2. The van der Waals surface area contributed by atoms with Crippen LogP contribution in [0, 0.1) is 0 Å². The molecular formula is C28H30N4O2. The Kier molecular flexibility index (Phi) is 5.59. The number of pyridine rings is 1. The second kappa shape index (κ2) is 9.03. The van der Waals surface area contributed by atoms with Gasteiger partial charge < -0.3 is 25.1 Å². The molecule has 6 nitrogen and oxygen atoms in total. The van der Waals surface area contributed by atoms with Crippen molar-refractivity contribution in [3.05, 3.63) is 67.0 Å². The summed E-state index contributed by atoms with van der Waals surface area (Å²) in [6.45, 7) is 1.54. The molecule has 0 unspecified atom stereocenters. The molecular weight excluding hydrogens is 424 g/mol. The van der Waals surface area contributed by atoms with Crippen LogP contribution in [0.2, 0.25) is 0 Å². The third-order valence-corrected chi connectivity index (χ3v) is 7.03. The van der Waals surface area contributed by atoms with Crippen LogP contribution in [-0.4, -0.2) is 28.9 Å². The average Bonchev–Trinajstić information content (AvgIpc) is 3.11. The fourth-order valence-electron chi connectivity index (χ4n) is 5.01. The average molecular weight is 455 g/mol. The Morgan fingerprint density at radius 2 is 1.79 bits per heavy atom. The van der Waals surface area contributed by atoms with Crippen molar-refractivity contribution in [2.24, 2.45) is 0 Å². The lowest BCUT2D eigenvalue weighted by molar-refractivity contribution is 0.0256. The Morgan fingerprint density at radius 1 is 0.971 bits per heavy atom. The summed E-state index contributed by atoms with van der Waals surface area (Å²) in [6, 6.07) is 19.3. The Labute approximate surface area is 199 Å². The third-order valence-electron chi connectivity index (χ3n) is 7.03. The summed E-state index contributed by atoms with van der Waals surface area (Å²) in [7, 11) is 0. The topological polar surface area (TPSA) is 74.3 Å². The van der Waals surface area contributed by atoms with Crippen LogP contribution in [0.3, 0.4) is 0 Å². The first-order valence-electron chi connectivity index (χ1n) is 12.2. The van der Waals surface area contributed by atoms with Crippen molar-refractivity contribution < 1.29 is 9.47 Å². The van der Waals surface area contributed by atoms with E-state index >= 15 is 0 Å². The van der Waals surface area contributed by atoms with E-state index in [1.807, 2.05) is 18.3 Å². The van der Waals surface area contributed by atoms with Gasteiger partial charge in [0.05, 0.1) is 42.0 Å². The predicted octanol–water partition coefficient (Wildman–Crippen LogP) is 6.31. The summed E-state index contributed by atoms with van der Waals surface area (Å²) < 4.78 is 14.3. The van der Waals surface area contributed by atoms with Gasteiger partial charge in [0, 0.05) is 47.8 Å². The fraction of sp³-hybridized carbons (Fsp3) is 0.321. The molecule has 4 aromatic rings. The maximum absolute atomic E-state index is 6.78. The summed E-state index contributed by atoms with van der Waals surface area (Å²) >= 11 is 0. The van der Waals surface area contributed by atoms with E-state index in [1.165, 1.54) is 24.8 Å². The standard InChI is InChI=1S/C28H30N4O2/c29-27-25-11-10-24(34-23-12-15-33-16-13-23)17-26(25)32(22-4-1-5-22)28(27)19-6-8-20(9-7-19)31-21-3-2-14-30-18-21/h2-3,6-11,14,17-18,22-23,31H,1,4-5,12-13,15-16,29H2. The van der Waals surface area contributed by atoms with Crippen LogP contribution in [-0.2, 0) is 4.74 Å². The number of hydrogen-bond donors (Lipinski definition) is 2. The second-order valence-corrected chi connectivity index (χ2v) is 9.27. The molecule has 0 spiro atoms. The van der Waals surface area contributed by atoms with E-state index in [9.17, 15) is 0 Å². The van der Waals surface area contributed by atoms with Gasteiger partial charge in [-0.25, -0.2) is 0 Å². The first-order chi connectivity index (χ1) is 16.8. The van der Waals surface area contributed by atoms with Gasteiger partial charge in [-0.2, -0.15) is 0 Å². The number of fused-ring (bicyclic) bond motifs is 1. The third kappa shape index (κ3) is 3.99. The molecule has 6 rings (SSSR count). The van der Waals surface area contributed by atoms with Crippen molar-refractivity contribution in [3.8, 4) is 17.0 Å². The Bertz CT molecular complexity index is 1270. The number of nitrogens with zero attached hydrogens (tertiary/aromatic N) is 2. The summed E-state index contributed by atoms with van der Waals surface area (Å²) in [5, 5.41) is 4.50. The maximum atomic E-state index is 6.78. The van der Waals surface area contributed by atoms with Gasteiger partial charge in [-0.1, -0.05) is 12.1 Å². The smallest absolute Gasteiger partial charge is 0.121 e. The van der Waals surface area contributed by atoms with Gasteiger partial charge in [0.25, 0.3) is 0 Å². The number of benzene rings is 2. The van der Waals surface area contributed by atoms with Crippen LogP contribution in [0.4, 0.5) is 17.1 Å². The van der Waals surface area contributed by atoms with Crippen LogP contribution in [0.5, 0.6) is 5.75 Å². The number of aromatic nitrogens is 2. The zero-order valence-electron chi connectivity index (χ0n) is 19.2. The zero-order chi connectivity index (χ0) is 22.9. The number of anilines is 3. The van der Waals surface area contributed by atoms with Crippen LogP contribution in [0.1, 0.15) is 38.1 Å². The van der Waals surface area contributed by atoms with E-state index in [2.05, 4.69) is 57.3 Å². The van der Waals surface area contributed by atoms with E-state index in [0.29, 0.717) is 6.04 Å². The first kappa shape index (κ1) is 21.1. The highest BCUT2D eigenvalue weighted by Gasteiger charge is 2.27. The first-order valence-corrected chi connectivity index (χ1v) is 12.2. The molecule has 34 heavy (non-hydrogen) atoms. The lowest BCUT2D eigenvalue weighted by atomic mass is 9.92. The normalized spacial score (nSPS) is 16.9. The second-order valence-electron chi connectivity index (χ2n) is 9.27. The lowest BCUT2D eigenvalue weighted by Crippen LogP contribution is -2.25. The van der Waals surface area contributed by atoms with Gasteiger partial charge in [-0.15, -0.1) is 0 Å². The summed E-state index contributed by atoms with van der Waals surface area (Å²) in [4.78, 5) is 4.17. The molecule has 1 aliphatic heterocycles.